The maximum absolute atomic E-state index is 15.4. The Labute approximate surface area is 237 Å². The van der Waals surface area contributed by atoms with Crippen molar-refractivity contribution in [2.75, 3.05) is 18.1 Å². The van der Waals surface area contributed by atoms with Crippen molar-refractivity contribution in [3.63, 3.8) is 0 Å². The summed E-state index contributed by atoms with van der Waals surface area (Å²) in [7, 11) is 0. The second kappa shape index (κ2) is 11.8. The number of anilines is 1. The molecular formula is C32H30FN3O5. The molecule has 210 valence electrons. The van der Waals surface area contributed by atoms with Gasteiger partial charge in [0.2, 0.25) is 0 Å². The molecule has 3 unspecified atom stereocenters. The SMILES string of the molecule is CCOC(=O)C1=C(N)N(c2ccccc2F)C2=C(C(=O)C(C(=O)OCC)C(c3ccccc3)C2)C1c1cccnc1. The van der Waals surface area contributed by atoms with Gasteiger partial charge in [-0.25, -0.2) is 9.18 Å². The Balaban J connectivity index is 1.82. The molecule has 3 aromatic rings. The first-order chi connectivity index (χ1) is 19.9. The molecule has 0 spiro atoms. The normalized spacial score (nSPS) is 20.5. The summed E-state index contributed by atoms with van der Waals surface area (Å²) in [4.78, 5) is 47.2. The first-order valence-electron chi connectivity index (χ1n) is 13.5. The average molecular weight is 556 g/mol. The maximum atomic E-state index is 15.4. The number of pyridine rings is 1. The molecule has 0 amide bonds. The first-order valence-corrected chi connectivity index (χ1v) is 13.5. The molecule has 1 aromatic heterocycles. The molecule has 1 aliphatic carbocycles. The summed E-state index contributed by atoms with van der Waals surface area (Å²) in [5, 5.41) is 0. The number of para-hydroxylation sites is 1. The Kier molecular flexibility index (Phi) is 7.96. The van der Waals surface area contributed by atoms with Crippen LogP contribution in [0.25, 0.3) is 0 Å². The Morgan fingerprint density at radius 1 is 0.976 bits per heavy atom. The monoisotopic (exact) mass is 555 g/mol. The molecule has 9 heteroatoms. The molecule has 8 nitrogen and oxygen atoms in total. The molecule has 0 fully saturated rings. The lowest BCUT2D eigenvalue weighted by Gasteiger charge is -2.44. The third-order valence-corrected chi connectivity index (χ3v) is 7.41. The quantitative estimate of drug-likeness (QED) is 0.329. The van der Waals surface area contributed by atoms with Crippen LogP contribution in [0.15, 0.2) is 102 Å². The van der Waals surface area contributed by atoms with Crippen LogP contribution >= 0.6 is 0 Å². The summed E-state index contributed by atoms with van der Waals surface area (Å²) in [6, 6.07) is 18.6. The number of halogens is 1. The van der Waals surface area contributed by atoms with Crippen molar-refractivity contribution in [2.45, 2.75) is 32.1 Å². The van der Waals surface area contributed by atoms with Crippen molar-refractivity contribution in [1.82, 2.24) is 4.98 Å². The number of benzene rings is 2. The second-order valence-corrected chi connectivity index (χ2v) is 9.70. The highest BCUT2D eigenvalue weighted by atomic mass is 19.1. The summed E-state index contributed by atoms with van der Waals surface area (Å²) in [5.74, 6) is -5.41. The number of nitrogens with zero attached hydrogens (tertiary/aromatic N) is 2. The predicted molar refractivity (Wildman–Crippen MR) is 150 cm³/mol. The zero-order valence-corrected chi connectivity index (χ0v) is 22.7. The molecule has 2 aliphatic rings. The Hall–Kier alpha value is -4.79. The number of carbonyl (C=O) groups is 3. The smallest absolute Gasteiger partial charge is 0.338 e. The lowest BCUT2D eigenvalue weighted by atomic mass is 9.67. The highest BCUT2D eigenvalue weighted by Crippen LogP contribution is 2.51. The minimum absolute atomic E-state index is 0.0315. The number of nitrogens with two attached hydrogens (primary N) is 1. The van der Waals surface area contributed by atoms with Gasteiger partial charge in [0.15, 0.2) is 5.78 Å². The lowest BCUT2D eigenvalue weighted by Crippen LogP contribution is -2.46. The molecule has 2 aromatic carbocycles. The van der Waals surface area contributed by atoms with Crippen LogP contribution in [0.5, 0.6) is 0 Å². The molecule has 0 saturated carbocycles. The van der Waals surface area contributed by atoms with Crippen molar-refractivity contribution in [2.24, 2.45) is 11.7 Å². The number of carbonyl (C=O) groups excluding carboxylic acids is 3. The summed E-state index contributed by atoms with van der Waals surface area (Å²) >= 11 is 0. The van der Waals surface area contributed by atoms with Gasteiger partial charge in [-0.3, -0.25) is 19.5 Å². The number of Topliss-reactive ketones (excluding diaryl/α,β-unsaturated/α-hetero) is 1. The van der Waals surface area contributed by atoms with Gasteiger partial charge in [-0.15, -0.1) is 0 Å². The number of hydrogen-bond acceptors (Lipinski definition) is 8. The fraction of sp³-hybridized carbons (Fsp3) is 0.250. The van der Waals surface area contributed by atoms with E-state index in [2.05, 4.69) is 4.98 Å². The number of rotatable bonds is 7. The molecule has 0 saturated heterocycles. The third-order valence-electron chi connectivity index (χ3n) is 7.41. The summed E-state index contributed by atoms with van der Waals surface area (Å²) in [5.41, 5.74) is 8.59. The number of aromatic nitrogens is 1. The zero-order chi connectivity index (χ0) is 29.1. The van der Waals surface area contributed by atoms with E-state index in [0.29, 0.717) is 11.3 Å². The van der Waals surface area contributed by atoms with E-state index in [1.54, 1.807) is 38.2 Å². The van der Waals surface area contributed by atoms with E-state index in [4.69, 9.17) is 15.2 Å². The van der Waals surface area contributed by atoms with E-state index in [1.165, 1.54) is 29.3 Å². The van der Waals surface area contributed by atoms with Crippen molar-refractivity contribution >= 4 is 23.4 Å². The molecule has 0 radical (unpaired) electrons. The van der Waals surface area contributed by atoms with E-state index in [-0.39, 0.29) is 42.3 Å². The molecule has 1 aliphatic heterocycles. The molecule has 5 rings (SSSR count). The Morgan fingerprint density at radius 2 is 1.66 bits per heavy atom. The van der Waals surface area contributed by atoms with Gasteiger partial charge in [0.25, 0.3) is 0 Å². The van der Waals surface area contributed by atoms with Crippen molar-refractivity contribution in [3.05, 3.63) is 119 Å². The summed E-state index contributed by atoms with van der Waals surface area (Å²) in [6.07, 6.45) is 3.26. The first kappa shape index (κ1) is 27.8. The molecule has 41 heavy (non-hydrogen) atoms. The minimum Gasteiger partial charge on any atom is -0.465 e. The zero-order valence-electron chi connectivity index (χ0n) is 22.7. The fourth-order valence-corrected chi connectivity index (χ4v) is 5.74. The van der Waals surface area contributed by atoms with Crippen LogP contribution in [0.3, 0.4) is 0 Å². The average Bonchev–Trinajstić information content (AvgIpc) is 2.98. The van der Waals surface area contributed by atoms with Crippen molar-refractivity contribution in [3.8, 4) is 0 Å². The van der Waals surface area contributed by atoms with Gasteiger partial charge >= 0.3 is 11.9 Å². The predicted octanol–water partition coefficient (Wildman–Crippen LogP) is 4.75. The fourth-order valence-electron chi connectivity index (χ4n) is 5.74. The van der Waals surface area contributed by atoms with Gasteiger partial charge in [-0.2, -0.15) is 0 Å². The van der Waals surface area contributed by atoms with Gasteiger partial charge < -0.3 is 15.2 Å². The van der Waals surface area contributed by atoms with E-state index in [1.807, 2.05) is 30.3 Å². The second-order valence-electron chi connectivity index (χ2n) is 9.70. The van der Waals surface area contributed by atoms with Crippen molar-refractivity contribution < 1.29 is 28.2 Å². The number of ether oxygens (including phenoxy) is 2. The summed E-state index contributed by atoms with van der Waals surface area (Å²) < 4.78 is 26.2. The van der Waals surface area contributed by atoms with E-state index in [0.717, 1.165) is 5.56 Å². The van der Waals surface area contributed by atoms with E-state index >= 15 is 4.39 Å². The molecule has 2 N–H and O–H groups in total. The summed E-state index contributed by atoms with van der Waals surface area (Å²) in [6.45, 7) is 3.47. The van der Waals surface area contributed by atoms with Crippen LogP contribution < -0.4 is 10.6 Å². The van der Waals surface area contributed by atoms with Crippen LogP contribution in [-0.4, -0.2) is 35.9 Å². The van der Waals surface area contributed by atoms with Crippen molar-refractivity contribution in [1.29, 1.82) is 0 Å². The van der Waals surface area contributed by atoms with Crippen LogP contribution in [-0.2, 0) is 23.9 Å². The van der Waals surface area contributed by atoms with E-state index in [9.17, 15) is 14.4 Å². The highest BCUT2D eigenvalue weighted by Gasteiger charge is 2.51. The standard InChI is InChI=1S/C32H30FN3O5/c1-3-40-31(38)26-21(19-11-6-5-7-12-19)17-24-27(29(26)37)25(20-13-10-16-35-18-20)28(32(39)41-4-2)30(34)36(24)23-15-9-8-14-22(23)33/h5-16,18,21,25-26H,3-4,17,34H2,1-2H3. The Bertz CT molecular complexity index is 1540. The molecule has 3 atom stereocenters. The van der Waals surface area contributed by atoms with Crippen LogP contribution in [0.4, 0.5) is 10.1 Å². The van der Waals surface area contributed by atoms with Crippen LogP contribution in [0.1, 0.15) is 43.2 Å². The topological polar surface area (TPSA) is 112 Å². The lowest BCUT2D eigenvalue weighted by molar-refractivity contribution is -0.152. The molecule has 2 heterocycles. The van der Waals surface area contributed by atoms with Gasteiger partial charge in [-0.05, 0) is 49.6 Å². The van der Waals surface area contributed by atoms with Gasteiger partial charge in [0.1, 0.15) is 17.6 Å². The van der Waals surface area contributed by atoms with Gasteiger partial charge in [0, 0.05) is 29.6 Å². The number of allylic oxidation sites excluding steroid dienone is 2. The largest absolute Gasteiger partial charge is 0.465 e. The maximum Gasteiger partial charge on any atom is 0.338 e. The van der Waals surface area contributed by atoms with Crippen LogP contribution in [0.2, 0.25) is 0 Å². The van der Waals surface area contributed by atoms with Gasteiger partial charge in [-0.1, -0.05) is 48.5 Å². The number of esters is 2. The highest BCUT2D eigenvalue weighted by molar-refractivity contribution is 6.14. The van der Waals surface area contributed by atoms with E-state index < -0.39 is 41.3 Å². The Morgan fingerprint density at radius 3 is 2.32 bits per heavy atom. The third kappa shape index (κ3) is 4.99. The van der Waals surface area contributed by atoms with Gasteiger partial charge in [0.05, 0.1) is 30.4 Å². The number of hydrogen-bond donors (Lipinski definition) is 1. The van der Waals surface area contributed by atoms with Crippen LogP contribution in [0, 0.1) is 11.7 Å². The minimum atomic E-state index is -1.19. The molecular weight excluding hydrogens is 525 g/mol. The molecule has 0 bridgehead atoms. The number of ketones is 1.